The first-order valence-electron chi connectivity index (χ1n) is 10.4. The summed E-state index contributed by atoms with van der Waals surface area (Å²) < 4.78 is 6.30. The lowest BCUT2D eigenvalue weighted by atomic mass is 10.0. The van der Waals surface area contributed by atoms with Gasteiger partial charge in [-0.05, 0) is 73.2 Å². The SMILES string of the molecule is Cc1cccc(N2C(=S)N[C@H](c3ccccn3)[C@@H]2c2ccc(-c3ccc([N+](=O)[O-])cc3)o2)c1. The molecule has 1 N–H and O–H groups in total. The molecule has 0 aliphatic carbocycles. The number of furan rings is 1. The lowest BCUT2D eigenvalue weighted by Gasteiger charge is -2.26. The maximum absolute atomic E-state index is 11.0. The summed E-state index contributed by atoms with van der Waals surface area (Å²) in [4.78, 5) is 17.2. The fraction of sp³-hybridized carbons (Fsp3) is 0.120. The number of nitrogens with zero attached hydrogens (tertiary/aromatic N) is 3. The molecule has 2 aromatic carbocycles. The van der Waals surface area contributed by atoms with Crippen molar-refractivity contribution in [2.75, 3.05) is 4.90 Å². The molecule has 0 spiro atoms. The Morgan fingerprint density at radius 3 is 2.58 bits per heavy atom. The van der Waals surface area contributed by atoms with Crippen molar-refractivity contribution in [2.24, 2.45) is 0 Å². The maximum atomic E-state index is 11.0. The third kappa shape index (κ3) is 3.96. The quantitative estimate of drug-likeness (QED) is 0.233. The van der Waals surface area contributed by atoms with Crippen molar-refractivity contribution in [3.8, 4) is 11.3 Å². The van der Waals surface area contributed by atoms with Crippen LogP contribution in [0.2, 0.25) is 0 Å². The summed E-state index contributed by atoms with van der Waals surface area (Å²) in [5.41, 5.74) is 3.74. The normalized spacial score (nSPS) is 17.7. The molecule has 5 rings (SSSR count). The molecule has 1 aliphatic heterocycles. The molecule has 4 aromatic rings. The Bertz CT molecular complexity index is 1320. The molecule has 3 heterocycles. The molecule has 2 aromatic heterocycles. The Labute approximate surface area is 195 Å². The Balaban J connectivity index is 1.57. The minimum Gasteiger partial charge on any atom is -0.459 e. The highest BCUT2D eigenvalue weighted by atomic mass is 32.1. The van der Waals surface area contributed by atoms with Gasteiger partial charge in [-0.1, -0.05) is 18.2 Å². The van der Waals surface area contributed by atoms with Gasteiger partial charge in [0.1, 0.15) is 17.6 Å². The number of aryl methyl sites for hydroxylation is 1. The van der Waals surface area contributed by atoms with E-state index in [2.05, 4.69) is 21.3 Å². The Morgan fingerprint density at radius 1 is 1.06 bits per heavy atom. The fourth-order valence-electron chi connectivity index (χ4n) is 4.11. The zero-order valence-corrected chi connectivity index (χ0v) is 18.5. The number of nitrogens with one attached hydrogen (secondary N) is 1. The van der Waals surface area contributed by atoms with Gasteiger partial charge < -0.3 is 14.6 Å². The van der Waals surface area contributed by atoms with Crippen LogP contribution in [0.5, 0.6) is 0 Å². The van der Waals surface area contributed by atoms with E-state index in [1.165, 1.54) is 12.1 Å². The van der Waals surface area contributed by atoms with Crippen LogP contribution >= 0.6 is 12.2 Å². The van der Waals surface area contributed by atoms with Crippen LogP contribution in [0.3, 0.4) is 0 Å². The molecule has 0 radical (unpaired) electrons. The first kappa shape index (κ1) is 20.8. The number of nitro benzene ring substituents is 1. The predicted octanol–water partition coefficient (Wildman–Crippen LogP) is 5.74. The van der Waals surface area contributed by atoms with E-state index in [0.717, 1.165) is 22.5 Å². The van der Waals surface area contributed by atoms with Gasteiger partial charge in [0, 0.05) is 29.6 Å². The fourth-order valence-corrected chi connectivity index (χ4v) is 4.46. The van der Waals surface area contributed by atoms with Gasteiger partial charge in [-0.2, -0.15) is 0 Å². The van der Waals surface area contributed by atoms with Crippen molar-refractivity contribution >= 4 is 28.7 Å². The molecular weight excluding hydrogens is 436 g/mol. The van der Waals surface area contributed by atoms with E-state index in [1.54, 1.807) is 18.3 Å². The minimum absolute atomic E-state index is 0.0386. The van der Waals surface area contributed by atoms with Crippen LogP contribution < -0.4 is 10.2 Å². The number of hydrogen-bond donors (Lipinski definition) is 1. The highest BCUT2D eigenvalue weighted by Crippen LogP contribution is 2.43. The van der Waals surface area contributed by atoms with Crippen LogP contribution in [-0.2, 0) is 0 Å². The van der Waals surface area contributed by atoms with E-state index in [-0.39, 0.29) is 17.8 Å². The molecule has 8 heteroatoms. The van der Waals surface area contributed by atoms with Gasteiger partial charge >= 0.3 is 0 Å². The Hall–Kier alpha value is -4.04. The molecule has 0 amide bonds. The number of hydrogen-bond acceptors (Lipinski definition) is 5. The van der Waals surface area contributed by atoms with Crippen molar-refractivity contribution in [3.63, 3.8) is 0 Å². The van der Waals surface area contributed by atoms with Crippen molar-refractivity contribution in [1.29, 1.82) is 0 Å². The van der Waals surface area contributed by atoms with Gasteiger partial charge in [-0.3, -0.25) is 15.1 Å². The second-order valence-corrected chi connectivity index (χ2v) is 8.23. The van der Waals surface area contributed by atoms with Crippen LogP contribution in [0.25, 0.3) is 11.3 Å². The molecule has 0 unspecified atom stereocenters. The van der Waals surface area contributed by atoms with Crippen molar-refractivity contribution < 1.29 is 9.34 Å². The van der Waals surface area contributed by atoms with Gasteiger partial charge in [0.25, 0.3) is 5.69 Å². The minimum atomic E-state index is -0.417. The average molecular weight is 457 g/mol. The summed E-state index contributed by atoms with van der Waals surface area (Å²) in [5.74, 6) is 1.34. The van der Waals surface area contributed by atoms with Gasteiger partial charge in [0.2, 0.25) is 0 Å². The molecule has 7 nitrogen and oxygen atoms in total. The lowest BCUT2D eigenvalue weighted by Crippen LogP contribution is -2.29. The van der Waals surface area contributed by atoms with Crippen LogP contribution in [0, 0.1) is 17.0 Å². The number of nitro groups is 1. The molecule has 1 aliphatic rings. The molecule has 0 saturated carbocycles. The third-order valence-electron chi connectivity index (χ3n) is 5.66. The standard InChI is InChI=1S/C25H20N4O3S/c1-16-5-4-6-19(15-16)28-24(23(27-25(28)33)20-7-2-3-14-26-20)22-13-12-21(32-22)17-8-10-18(11-9-17)29(30)31/h2-15,23-24H,1H3,(H,27,33)/t23-,24+/m1/s1. The highest BCUT2D eigenvalue weighted by molar-refractivity contribution is 7.80. The topological polar surface area (TPSA) is 84.4 Å². The van der Waals surface area contributed by atoms with Crippen LogP contribution in [-0.4, -0.2) is 15.0 Å². The van der Waals surface area contributed by atoms with Crippen LogP contribution in [0.15, 0.2) is 89.5 Å². The van der Waals surface area contributed by atoms with Gasteiger partial charge in [-0.25, -0.2) is 0 Å². The monoisotopic (exact) mass is 456 g/mol. The first-order chi connectivity index (χ1) is 16.0. The lowest BCUT2D eigenvalue weighted by molar-refractivity contribution is -0.384. The predicted molar refractivity (Wildman–Crippen MR) is 130 cm³/mol. The Morgan fingerprint density at radius 2 is 1.88 bits per heavy atom. The molecule has 164 valence electrons. The zero-order chi connectivity index (χ0) is 22.9. The van der Waals surface area contributed by atoms with Crippen molar-refractivity contribution in [3.05, 3.63) is 112 Å². The van der Waals surface area contributed by atoms with E-state index in [1.807, 2.05) is 55.5 Å². The molecule has 0 bridgehead atoms. The number of anilines is 1. The van der Waals surface area contributed by atoms with Gasteiger partial charge in [0.05, 0.1) is 16.7 Å². The smallest absolute Gasteiger partial charge is 0.269 e. The number of pyridine rings is 1. The molecule has 1 saturated heterocycles. The van der Waals surface area contributed by atoms with Crippen LogP contribution in [0.1, 0.15) is 29.1 Å². The average Bonchev–Trinajstić information content (AvgIpc) is 3.44. The second-order valence-electron chi connectivity index (χ2n) is 7.84. The zero-order valence-electron chi connectivity index (χ0n) is 17.7. The number of aromatic nitrogens is 1. The first-order valence-corrected chi connectivity index (χ1v) is 10.8. The van der Waals surface area contributed by atoms with E-state index >= 15 is 0 Å². The van der Waals surface area contributed by atoms with Crippen LogP contribution in [0.4, 0.5) is 11.4 Å². The third-order valence-corrected chi connectivity index (χ3v) is 5.97. The van der Waals surface area contributed by atoms with Crippen molar-refractivity contribution in [2.45, 2.75) is 19.0 Å². The number of benzene rings is 2. The largest absolute Gasteiger partial charge is 0.459 e. The number of rotatable bonds is 5. The summed E-state index contributed by atoms with van der Waals surface area (Å²) in [6.45, 7) is 2.04. The second kappa shape index (κ2) is 8.48. The highest BCUT2D eigenvalue weighted by Gasteiger charge is 2.42. The van der Waals surface area contributed by atoms with E-state index in [0.29, 0.717) is 16.6 Å². The van der Waals surface area contributed by atoms with E-state index < -0.39 is 4.92 Å². The molecular formula is C25H20N4O3S. The maximum Gasteiger partial charge on any atom is 0.269 e. The summed E-state index contributed by atoms with van der Waals surface area (Å²) in [5, 5.41) is 15.0. The van der Waals surface area contributed by atoms with Gasteiger partial charge in [0.15, 0.2) is 5.11 Å². The number of thiocarbonyl (C=S) groups is 1. The Kier molecular flexibility index (Phi) is 5.35. The summed E-state index contributed by atoms with van der Waals surface area (Å²) in [7, 11) is 0. The molecule has 1 fully saturated rings. The summed E-state index contributed by atoms with van der Waals surface area (Å²) in [6.07, 6.45) is 1.76. The number of non-ortho nitro benzene ring substituents is 1. The molecule has 33 heavy (non-hydrogen) atoms. The van der Waals surface area contributed by atoms with E-state index in [9.17, 15) is 10.1 Å². The summed E-state index contributed by atoms with van der Waals surface area (Å²) >= 11 is 5.74. The van der Waals surface area contributed by atoms with Crippen molar-refractivity contribution in [1.82, 2.24) is 10.3 Å². The molecule has 2 atom stereocenters. The summed E-state index contributed by atoms with van der Waals surface area (Å²) in [6, 6.07) is 23.6. The van der Waals surface area contributed by atoms with E-state index in [4.69, 9.17) is 16.6 Å². The van der Waals surface area contributed by atoms with Gasteiger partial charge in [-0.15, -0.1) is 0 Å².